The van der Waals surface area contributed by atoms with Gasteiger partial charge in [0.15, 0.2) is 12.6 Å². The van der Waals surface area contributed by atoms with Gasteiger partial charge in [-0.3, -0.25) is 4.79 Å². The SMILES string of the molecule is CCOCOc1ccc(C(=O)C(O)c2ccccc2)cc1. The van der Waals surface area contributed by atoms with Crippen molar-refractivity contribution in [3.8, 4) is 5.75 Å². The van der Waals surface area contributed by atoms with Gasteiger partial charge in [0.1, 0.15) is 11.9 Å². The first-order chi connectivity index (χ1) is 10.2. The first-order valence-electron chi connectivity index (χ1n) is 6.80. The lowest BCUT2D eigenvalue weighted by molar-refractivity contribution is 0.0224. The highest BCUT2D eigenvalue weighted by Crippen LogP contribution is 2.20. The van der Waals surface area contributed by atoms with Crippen LogP contribution in [-0.4, -0.2) is 24.3 Å². The average Bonchev–Trinajstić information content (AvgIpc) is 2.55. The van der Waals surface area contributed by atoms with Crippen LogP contribution >= 0.6 is 0 Å². The van der Waals surface area contributed by atoms with Crippen LogP contribution in [0, 0.1) is 0 Å². The van der Waals surface area contributed by atoms with Crippen LogP contribution in [0.2, 0.25) is 0 Å². The van der Waals surface area contributed by atoms with Gasteiger partial charge in [-0.05, 0) is 36.8 Å². The van der Waals surface area contributed by atoms with Crippen molar-refractivity contribution in [3.63, 3.8) is 0 Å². The molecule has 0 aliphatic rings. The third kappa shape index (κ3) is 4.15. The molecule has 110 valence electrons. The molecule has 4 nitrogen and oxygen atoms in total. The van der Waals surface area contributed by atoms with Gasteiger partial charge in [0.25, 0.3) is 0 Å². The van der Waals surface area contributed by atoms with Gasteiger partial charge in [-0.2, -0.15) is 0 Å². The van der Waals surface area contributed by atoms with Gasteiger partial charge >= 0.3 is 0 Å². The maximum atomic E-state index is 12.2. The van der Waals surface area contributed by atoms with Crippen molar-refractivity contribution in [1.82, 2.24) is 0 Å². The Labute approximate surface area is 123 Å². The monoisotopic (exact) mass is 286 g/mol. The van der Waals surface area contributed by atoms with Crippen molar-refractivity contribution in [3.05, 3.63) is 65.7 Å². The summed E-state index contributed by atoms with van der Waals surface area (Å²) in [5.41, 5.74) is 1.02. The molecule has 0 fully saturated rings. The predicted octanol–water partition coefficient (Wildman–Crippen LogP) is 2.98. The molecule has 0 saturated carbocycles. The molecule has 2 rings (SSSR count). The predicted molar refractivity (Wildman–Crippen MR) is 79.3 cm³/mol. The summed E-state index contributed by atoms with van der Waals surface area (Å²) in [6.45, 7) is 2.65. The highest BCUT2D eigenvalue weighted by molar-refractivity contribution is 5.99. The summed E-state index contributed by atoms with van der Waals surface area (Å²) in [5, 5.41) is 10.1. The van der Waals surface area contributed by atoms with Crippen molar-refractivity contribution in [1.29, 1.82) is 0 Å². The number of carbonyl (C=O) groups is 1. The van der Waals surface area contributed by atoms with Crippen LogP contribution in [0.15, 0.2) is 54.6 Å². The normalized spacial score (nSPS) is 11.9. The first-order valence-corrected chi connectivity index (χ1v) is 6.80. The van der Waals surface area contributed by atoms with Crippen LogP contribution in [0.1, 0.15) is 28.9 Å². The fraction of sp³-hybridized carbons (Fsp3) is 0.235. The van der Waals surface area contributed by atoms with Crippen molar-refractivity contribution in [2.24, 2.45) is 0 Å². The highest BCUT2D eigenvalue weighted by atomic mass is 16.7. The molecule has 0 aliphatic heterocycles. The van der Waals surface area contributed by atoms with Gasteiger partial charge in [0.2, 0.25) is 0 Å². The number of carbonyl (C=O) groups excluding carboxylic acids is 1. The third-order valence-electron chi connectivity index (χ3n) is 3.02. The molecule has 0 amide bonds. The number of aliphatic hydroxyl groups is 1. The van der Waals surface area contributed by atoms with Gasteiger partial charge < -0.3 is 14.6 Å². The topological polar surface area (TPSA) is 55.8 Å². The summed E-state index contributed by atoms with van der Waals surface area (Å²) >= 11 is 0. The second-order valence-electron chi connectivity index (χ2n) is 4.46. The number of hydrogen-bond donors (Lipinski definition) is 1. The Bertz CT molecular complexity index is 563. The van der Waals surface area contributed by atoms with Gasteiger partial charge in [0, 0.05) is 12.2 Å². The van der Waals surface area contributed by atoms with Gasteiger partial charge in [-0.15, -0.1) is 0 Å². The molecular formula is C17H18O4. The zero-order chi connectivity index (χ0) is 15.1. The molecule has 21 heavy (non-hydrogen) atoms. The van der Waals surface area contributed by atoms with E-state index in [1.807, 2.05) is 13.0 Å². The van der Waals surface area contributed by atoms with Crippen LogP contribution < -0.4 is 4.74 Å². The zero-order valence-electron chi connectivity index (χ0n) is 11.9. The van der Waals surface area contributed by atoms with E-state index in [0.717, 1.165) is 0 Å². The Hall–Kier alpha value is -2.17. The van der Waals surface area contributed by atoms with Crippen molar-refractivity contribution >= 4 is 5.78 Å². The van der Waals surface area contributed by atoms with E-state index < -0.39 is 6.10 Å². The fourth-order valence-corrected chi connectivity index (χ4v) is 1.85. The average molecular weight is 286 g/mol. The van der Waals surface area contributed by atoms with E-state index in [-0.39, 0.29) is 12.6 Å². The van der Waals surface area contributed by atoms with Crippen molar-refractivity contribution in [2.75, 3.05) is 13.4 Å². The molecule has 1 atom stereocenters. The fourth-order valence-electron chi connectivity index (χ4n) is 1.85. The molecule has 4 heteroatoms. The minimum absolute atomic E-state index is 0.177. The Balaban J connectivity index is 2.03. The van der Waals surface area contributed by atoms with Gasteiger partial charge in [-0.25, -0.2) is 0 Å². The lowest BCUT2D eigenvalue weighted by atomic mass is 10.00. The second-order valence-corrected chi connectivity index (χ2v) is 4.46. The highest BCUT2D eigenvalue weighted by Gasteiger charge is 2.18. The number of hydrogen-bond acceptors (Lipinski definition) is 4. The molecule has 0 aromatic heterocycles. The number of rotatable bonds is 7. The molecule has 2 aromatic carbocycles. The van der Waals surface area contributed by atoms with E-state index in [4.69, 9.17) is 9.47 Å². The summed E-state index contributed by atoms with van der Waals surface area (Å²) in [5.74, 6) is 0.284. The summed E-state index contributed by atoms with van der Waals surface area (Å²) < 4.78 is 10.4. The van der Waals surface area contributed by atoms with E-state index in [1.54, 1.807) is 48.5 Å². The first kappa shape index (κ1) is 15.2. The zero-order valence-corrected chi connectivity index (χ0v) is 11.9. The van der Waals surface area contributed by atoms with E-state index in [2.05, 4.69) is 0 Å². The Kier molecular flexibility index (Phi) is 5.49. The number of aliphatic hydroxyl groups excluding tert-OH is 1. The van der Waals surface area contributed by atoms with E-state index in [0.29, 0.717) is 23.5 Å². The molecule has 0 saturated heterocycles. The largest absolute Gasteiger partial charge is 0.468 e. The number of Topliss-reactive ketones (excluding diaryl/α,β-unsaturated/α-hetero) is 1. The Morgan fingerprint density at radius 3 is 2.38 bits per heavy atom. The minimum Gasteiger partial charge on any atom is -0.468 e. The van der Waals surface area contributed by atoms with Crippen LogP contribution in [0.5, 0.6) is 5.75 Å². The van der Waals surface area contributed by atoms with Gasteiger partial charge in [0.05, 0.1) is 0 Å². The van der Waals surface area contributed by atoms with Crippen molar-refractivity contribution in [2.45, 2.75) is 13.0 Å². The quantitative estimate of drug-likeness (QED) is 0.483. The molecule has 1 N–H and O–H groups in total. The molecule has 0 aliphatic carbocycles. The maximum Gasteiger partial charge on any atom is 0.195 e. The number of ketones is 1. The molecule has 0 spiro atoms. The summed E-state index contributed by atoms with van der Waals surface area (Å²) in [6, 6.07) is 15.5. The smallest absolute Gasteiger partial charge is 0.195 e. The summed E-state index contributed by atoms with van der Waals surface area (Å²) in [6.07, 6.45) is -1.15. The van der Waals surface area contributed by atoms with E-state index in [9.17, 15) is 9.90 Å². The Morgan fingerprint density at radius 1 is 1.10 bits per heavy atom. The third-order valence-corrected chi connectivity index (χ3v) is 3.02. The standard InChI is InChI=1S/C17H18O4/c1-2-20-12-21-15-10-8-14(9-11-15)17(19)16(18)13-6-4-3-5-7-13/h3-11,16,18H,2,12H2,1H3. The van der Waals surface area contributed by atoms with Gasteiger partial charge in [-0.1, -0.05) is 30.3 Å². The van der Waals surface area contributed by atoms with Crippen LogP contribution in [0.25, 0.3) is 0 Å². The van der Waals surface area contributed by atoms with Crippen LogP contribution in [0.4, 0.5) is 0 Å². The molecule has 1 unspecified atom stereocenters. The van der Waals surface area contributed by atoms with Crippen LogP contribution in [-0.2, 0) is 4.74 Å². The maximum absolute atomic E-state index is 12.2. The minimum atomic E-state index is -1.15. The lowest BCUT2D eigenvalue weighted by Gasteiger charge is -2.11. The molecule has 0 radical (unpaired) electrons. The molecule has 0 heterocycles. The number of benzene rings is 2. The number of ether oxygens (including phenoxy) is 2. The summed E-state index contributed by atoms with van der Waals surface area (Å²) in [4.78, 5) is 12.2. The lowest BCUT2D eigenvalue weighted by Crippen LogP contribution is -2.12. The molecular weight excluding hydrogens is 268 g/mol. The molecule has 0 bridgehead atoms. The second kappa shape index (κ2) is 7.57. The molecule has 2 aromatic rings. The van der Waals surface area contributed by atoms with Crippen molar-refractivity contribution < 1.29 is 19.4 Å². The summed E-state index contributed by atoms with van der Waals surface area (Å²) in [7, 11) is 0. The van der Waals surface area contributed by atoms with E-state index >= 15 is 0 Å². The van der Waals surface area contributed by atoms with Crippen LogP contribution in [0.3, 0.4) is 0 Å². The van der Waals surface area contributed by atoms with E-state index in [1.165, 1.54) is 0 Å². The Morgan fingerprint density at radius 2 is 1.76 bits per heavy atom.